The molecule has 0 fully saturated rings. The van der Waals surface area contributed by atoms with Gasteiger partial charge in [-0.25, -0.2) is 4.39 Å². The van der Waals surface area contributed by atoms with Crippen molar-refractivity contribution in [1.82, 2.24) is 5.32 Å². The number of halogens is 2. The normalized spacial score (nSPS) is 18.8. The fraction of sp³-hybridized carbons (Fsp3) is 0.136. The van der Waals surface area contributed by atoms with Gasteiger partial charge in [0.1, 0.15) is 11.9 Å². The third kappa shape index (κ3) is 4.02. The van der Waals surface area contributed by atoms with Crippen molar-refractivity contribution < 1.29 is 4.39 Å². The maximum Gasteiger partial charge on any atom is 0.158 e. The Labute approximate surface area is 167 Å². The molecule has 0 bridgehead atoms. The van der Waals surface area contributed by atoms with Crippen molar-refractivity contribution in [3.05, 3.63) is 106 Å². The van der Waals surface area contributed by atoms with Gasteiger partial charge in [0.15, 0.2) is 5.17 Å². The largest absolute Gasteiger partial charge is 0.356 e. The Kier molecular flexibility index (Phi) is 5.46. The van der Waals surface area contributed by atoms with Crippen molar-refractivity contribution in [3.63, 3.8) is 0 Å². The van der Waals surface area contributed by atoms with Gasteiger partial charge in [0.2, 0.25) is 0 Å². The summed E-state index contributed by atoms with van der Waals surface area (Å²) in [6.45, 7) is 0. The smallest absolute Gasteiger partial charge is 0.158 e. The van der Waals surface area contributed by atoms with Gasteiger partial charge in [0.05, 0.1) is 6.04 Å². The first-order valence-corrected chi connectivity index (χ1v) is 10.1. The second-order valence-electron chi connectivity index (χ2n) is 6.31. The molecule has 0 saturated carbocycles. The van der Waals surface area contributed by atoms with E-state index >= 15 is 0 Å². The highest BCUT2D eigenvalue weighted by atomic mass is 35.5. The lowest BCUT2D eigenvalue weighted by atomic mass is 9.95. The lowest BCUT2D eigenvalue weighted by Gasteiger charge is -2.19. The molecule has 5 heteroatoms. The molecule has 0 radical (unpaired) electrons. The van der Waals surface area contributed by atoms with Crippen molar-refractivity contribution in [1.29, 1.82) is 0 Å². The van der Waals surface area contributed by atoms with E-state index in [0.717, 1.165) is 10.7 Å². The lowest BCUT2D eigenvalue weighted by Crippen LogP contribution is -2.22. The van der Waals surface area contributed by atoms with Crippen LogP contribution in [0.5, 0.6) is 0 Å². The second kappa shape index (κ2) is 8.15. The summed E-state index contributed by atoms with van der Waals surface area (Å²) in [5, 5.41) is 4.76. The van der Waals surface area contributed by atoms with E-state index in [4.69, 9.17) is 16.6 Å². The van der Waals surface area contributed by atoms with Crippen LogP contribution in [-0.2, 0) is 5.75 Å². The number of aliphatic imine (C=N–C) groups is 1. The summed E-state index contributed by atoms with van der Waals surface area (Å²) in [6, 6.07) is 25.3. The molecule has 4 rings (SSSR count). The summed E-state index contributed by atoms with van der Waals surface area (Å²) in [5.74, 6) is 0.146. The molecule has 1 aliphatic rings. The number of hydrogen-bond acceptors (Lipinski definition) is 3. The number of amidine groups is 1. The Balaban J connectivity index is 1.58. The standard InChI is InChI=1S/C22H18ClFN2S/c23-18-12-7-13-19(24)17(18)14-27-22-25-20(15-8-3-1-4-9-15)21(26-22)16-10-5-2-6-11-16/h1-13,20-21H,14H2,(H,25,26)/t20-,21+. The zero-order valence-corrected chi connectivity index (χ0v) is 16.1. The molecule has 1 N–H and O–H groups in total. The first kappa shape index (κ1) is 18.1. The summed E-state index contributed by atoms with van der Waals surface area (Å²) >= 11 is 7.63. The van der Waals surface area contributed by atoms with E-state index in [1.807, 2.05) is 36.4 Å². The van der Waals surface area contributed by atoms with Gasteiger partial charge in [-0.3, -0.25) is 4.99 Å². The van der Waals surface area contributed by atoms with Crippen molar-refractivity contribution in [2.45, 2.75) is 17.8 Å². The molecule has 1 aliphatic heterocycles. The van der Waals surface area contributed by atoms with Gasteiger partial charge in [-0.2, -0.15) is 0 Å². The van der Waals surface area contributed by atoms with Crippen LogP contribution in [0.25, 0.3) is 0 Å². The Morgan fingerprint density at radius 3 is 2.22 bits per heavy atom. The summed E-state index contributed by atoms with van der Waals surface area (Å²) < 4.78 is 14.0. The van der Waals surface area contributed by atoms with E-state index < -0.39 is 0 Å². The number of thioether (sulfide) groups is 1. The molecule has 0 spiro atoms. The predicted octanol–water partition coefficient (Wildman–Crippen LogP) is 6.15. The number of nitrogens with zero attached hydrogens (tertiary/aromatic N) is 1. The Hall–Kier alpha value is -2.30. The molecule has 0 aromatic heterocycles. The fourth-order valence-corrected chi connectivity index (χ4v) is 4.46. The van der Waals surface area contributed by atoms with Crippen LogP contribution >= 0.6 is 23.4 Å². The average Bonchev–Trinajstić information content (AvgIpc) is 3.13. The van der Waals surface area contributed by atoms with E-state index in [1.165, 1.54) is 23.4 Å². The van der Waals surface area contributed by atoms with Crippen LogP contribution in [0.15, 0.2) is 83.9 Å². The first-order valence-electron chi connectivity index (χ1n) is 8.72. The Morgan fingerprint density at radius 1 is 0.889 bits per heavy atom. The molecule has 0 amide bonds. The van der Waals surface area contributed by atoms with Crippen molar-refractivity contribution >= 4 is 28.5 Å². The van der Waals surface area contributed by atoms with Gasteiger partial charge in [-0.1, -0.05) is 90.1 Å². The molecule has 0 unspecified atom stereocenters. The van der Waals surface area contributed by atoms with Crippen molar-refractivity contribution in [2.24, 2.45) is 4.99 Å². The lowest BCUT2D eigenvalue weighted by molar-refractivity contribution is 0.573. The Bertz CT molecular complexity index is 927. The number of nitrogens with one attached hydrogen (secondary N) is 1. The van der Waals surface area contributed by atoms with Gasteiger partial charge in [-0.05, 0) is 23.3 Å². The van der Waals surface area contributed by atoms with Crippen LogP contribution in [0.1, 0.15) is 28.8 Å². The molecule has 3 aromatic rings. The molecular weight excluding hydrogens is 379 g/mol. The molecule has 27 heavy (non-hydrogen) atoms. The van der Waals surface area contributed by atoms with E-state index in [-0.39, 0.29) is 17.9 Å². The highest BCUT2D eigenvalue weighted by Gasteiger charge is 2.31. The highest BCUT2D eigenvalue weighted by Crippen LogP contribution is 2.38. The maximum absolute atomic E-state index is 14.0. The quantitative estimate of drug-likeness (QED) is 0.571. The minimum atomic E-state index is -0.284. The average molecular weight is 397 g/mol. The third-order valence-electron chi connectivity index (χ3n) is 4.57. The number of benzene rings is 3. The molecule has 2 nitrogen and oxygen atoms in total. The predicted molar refractivity (Wildman–Crippen MR) is 112 cm³/mol. The molecule has 0 saturated heterocycles. The fourth-order valence-electron chi connectivity index (χ4n) is 3.18. The van der Waals surface area contributed by atoms with Crippen LogP contribution in [0.4, 0.5) is 4.39 Å². The molecule has 0 aliphatic carbocycles. The third-order valence-corrected chi connectivity index (χ3v) is 5.85. The zero-order chi connectivity index (χ0) is 18.6. The molecule has 3 aromatic carbocycles. The maximum atomic E-state index is 14.0. The van der Waals surface area contributed by atoms with Crippen LogP contribution in [0, 0.1) is 5.82 Å². The molecule has 1 heterocycles. The van der Waals surface area contributed by atoms with Gasteiger partial charge in [0, 0.05) is 16.3 Å². The van der Waals surface area contributed by atoms with Crippen LogP contribution in [0.3, 0.4) is 0 Å². The van der Waals surface area contributed by atoms with Gasteiger partial charge < -0.3 is 5.32 Å². The van der Waals surface area contributed by atoms with E-state index in [9.17, 15) is 4.39 Å². The zero-order valence-electron chi connectivity index (χ0n) is 14.5. The Morgan fingerprint density at radius 2 is 1.56 bits per heavy atom. The van der Waals surface area contributed by atoms with Gasteiger partial charge in [0.25, 0.3) is 0 Å². The number of hydrogen-bond donors (Lipinski definition) is 1. The summed E-state index contributed by atoms with van der Waals surface area (Å²) in [6.07, 6.45) is 0. The summed E-state index contributed by atoms with van der Waals surface area (Å²) in [5.41, 5.74) is 2.83. The van der Waals surface area contributed by atoms with Crippen LogP contribution in [-0.4, -0.2) is 5.17 Å². The second-order valence-corrected chi connectivity index (χ2v) is 7.68. The molecule has 2 atom stereocenters. The van der Waals surface area contributed by atoms with Crippen LogP contribution in [0.2, 0.25) is 5.02 Å². The molecule has 136 valence electrons. The number of rotatable bonds is 4. The minimum absolute atomic E-state index is 0.0211. The van der Waals surface area contributed by atoms with Gasteiger partial charge >= 0.3 is 0 Å². The van der Waals surface area contributed by atoms with Crippen molar-refractivity contribution in [3.8, 4) is 0 Å². The van der Waals surface area contributed by atoms with E-state index in [1.54, 1.807) is 12.1 Å². The summed E-state index contributed by atoms with van der Waals surface area (Å²) in [4.78, 5) is 4.89. The molecular formula is C22H18ClFN2S. The summed E-state index contributed by atoms with van der Waals surface area (Å²) in [7, 11) is 0. The van der Waals surface area contributed by atoms with E-state index in [2.05, 4.69) is 29.6 Å². The van der Waals surface area contributed by atoms with E-state index in [0.29, 0.717) is 16.3 Å². The first-order chi connectivity index (χ1) is 13.2. The monoisotopic (exact) mass is 396 g/mol. The van der Waals surface area contributed by atoms with Crippen molar-refractivity contribution in [2.75, 3.05) is 0 Å². The SMILES string of the molecule is Fc1cccc(Cl)c1CSC1=N[C@H](c2ccccc2)[C@H](c2ccccc2)N1. The highest BCUT2D eigenvalue weighted by molar-refractivity contribution is 8.13. The van der Waals surface area contributed by atoms with Crippen LogP contribution < -0.4 is 5.32 Å². The van der Waals surface area contributed by atoms with Gasteiger partial charge in [-0.15, -0.1) is 0 Å². The topological polar surface area (TPSA) is 24.4 Å². The minimum Gasteiger partial charge on any atom is -0.356 e.